The molecule has 68 heavy (non-hydrogen) atoms. The van der Waals surface area contributed by atoms with Crippen LogP contribution >= 0.6 is 0 Å². The van der Waals surface area contributed by atoms with E-state index in [1.54, 1.807) is 0 Å². The average Bonchev–Trinajstić information content (AvgIpc) is 2.94. The molecule has 0 aromatic heterocycles. The second kappa shape index (κ2) is 423. The summed E-state index contributed by atoms with van der Waals surface area (Å²) in [6.07, 6.45) is 10.5. The first-order valence-corrected chi connectivity index (χ1v) is 17.9. The zero-order valence-corrected chi connectivity index (χ0v) is 56.7. The van der Waals surface area contributed by atoms with Crippen molar-refractivity contribution in [3.8, 4) is 0 Å². The average molecular weight is 1540 g/mol. The molecule has 0 bridgehead atoms. The standard InChI is InChI=1S/C5H12.5C4H10.C3H8.5C2H6.9CH4.21Ar/c1-4-5(2)3;2*1-4(2)3;3*1-3-4-2;1-3-2;5*1-2;;;;;;;;;;;;;;;;;;;;;;;;;;;;;;/h5H,4H2,1-3H3;2*4H,1-3H3;3*3-4H2,1-2H3;3H2,1-2H3;5*1-2H3;9*1H4;;;;;;;;;;;;;;;;;;;;;. The van der Waals surface area contributed by atoms with Crippen LogP contribution in [0.5, 0.6) is 0 Å². The molecule has 0 N–H and O–H groups in total. The van der Waals surface area contributed by atoms with E-state index >= 15 is 0 Å². The molecule has 0 aromatic rings. The van der Waals surface area contributed by atoms with Crippen LogP contribution in [0.1, 0.15) is 305 Å². The quantitative estimate of drug-likeness (QED) is 0.263. The minimum Gasteiger partial charge on any atom is -0.0776 e. The molecule has 0 fully saturated rings. The Balaban J connectivity index is -0.00000000263. The van der Waals surface area contributed by atoms with E-state index in [0.717, 1.165) is 17.8 Å². The normalized spacial score (nSPS) is 3.79. The van der Waals surface area contributed by atoms with Crippen molar-refractivity contribution in [3.63, 3.8) is 0 Å². The molecule has 0 unspecified atom stereocenters. The summed E-state index contributed by atoms with van der Waals surface area (Å²) >= 11 is 0. The van der Waals surface area contributed by atoms with Gasteiger partial charge in [-0.2, -0.15) is 0 Å². The van der Waals surface area contributed by atoms with Crippen molar-refractivity contribution in [2.75, 3.05) is 0 Å². The molecule has 492 valence electrons. The molecule has 0 aliphatic carbocycles. The molecule has 0 saturated heterocycles. The molecule has 0 rings (SSSR count). The maximum Gasteiger partial charge on any atom is 0 e. The third kappa shape index (κ3) is 782. The van der Waals surface area contributed by atoms with E-state index in [9.17, 15) is 0 Å². The van der Waals surface area contributed by atoms with Crippen molar-refractivity contribution in [1.29, 1.82) is 0 Å². The molecule has 0 aromatic carbocycles. The Morgan fingerprint density at radius 2 is 0.221 bits per heavy atom. The Hall–Kier alpha value is 26.5. The van der Waals surface area contributed by atoms with Crippen molar-refractivity contribution in [3.05, 3.63) is 0 Å². The van der Waals surface area contributed by atoms with Crippen LogP contribution in [0.3, 0.4) is 0 Å². The van der Waals surface area contributed by atoms with E-state index in [1.165, 1.54) is 51.4 Å². The van der Waals surface area contributed by atoms with Crippen LogP contribution in [0.2, 0.25) is 0 Å². The monoisotopic (exact) mass is 1540 g/mol. The van der Waals surface area contributed by atoms with Gasteiger partial charge in [-0.25, -0.2) is 0 Å². The largest absolute Gasteiger partial charge is 0.0776 e. The van der Waals surface area contributed by atoms with Gasteiger partial charge in [0.1, 0.15) is 0 Å². The second-order valence-corrected chi connectivity index (χ2v) is 8.97. The predicted molar refractivity (Wildman–Crippen MR) is 261 cm³/mol. The molecule has 0 nitrogen and oxygen atoms in total. The van der Waals surface area contributed by atoms with Crippen molar-refractivity contribution >= 4 is 0 Å². The van der Waals surface area contributed by atoms with Crippen LogP contribution in [0.4, 0.5) is 0 Å². The maximum absolute atomic E-state index is 2.22. The van der Waals surface area contributed by atoms with E-state index in [2.05, 4.69) is 118 Å². The van der Waals surface area contributed by atoms with Crippen molar-refractivity contribution in [1.82, 2.24) is 0 Å². The van der Waals surface area contributed by atoms with Gasteiger partial charge in [0, 0.05) is 793 Å². The van der Waals surface area contributed by atoms with Gasteiger partial charge in [0.2, 0.25) is 0 Å². The zero-order valence-electron chi connectivity index (χ0n) is 41.8. The van der Waals surface area contributed by atoms with Crippen LogP contribution in [0.25, 0.3) is 0 Å². The molecule has 0 aliphatic rings. The van der Waals surface area contributed by atoms with Crippen molar-refractivity contribution in [2.24, 2.45) is 17.8 Å². The van der Waals surface area contributed by atoms with Crippen molar-refractivity contribution < 1.29 is 793 Å². The summed E-state index contributed by atoms with van der Waals surface area (Å²) in [6.45, 7) is 57.0. The van der Waals surface area contributed by atoms with Crippen LogP contribution < -0.4 is 0 Å². The summed E-state index contributed by atoms with van der Waals surface area (Å²) in [5, 5.41) is 0. The topological polar surface area (TPSA) is 0 Å². The van der Waals surface area contributed by atoms with Crippen LogP contribution in [0.15, 0.2) is 0 Å². The first kappa shape index (κ1) is 300. The molecular formula is C47H136Ar21. The van der Waals surface area contributed by atoms with Gasteiger partial charge in [-0.05, 0) is 17.8 Å². The molecule has 0 radical (unpaired) electrons. The van der Waals surface area contributed by atoms with E-state index in [0.29, 0.717) is 0 Å². The van der Waals surface area contributed by atoms with Crippen molar-refractivity contribution in [2.45, 2.75) is 305 Å². The molecule has 0 spiro atoms. The minimum absolute atomic E-state index is 0. The van der Waals surface area contributed by atoms with E-state index in [-0.39, 0.29) is 859 Å². The third-order valence-corrected chi connectivity index (χ3v) is 2.32. The van der Waals surface area contributed by atoms with Gasteiger partial charge in [0.05, 0.1) is 0 Å². The van der Waals surface area contributed by atoms with E-state index in [1.807, 2.05) is 69.2 Å². The van der Waals surface area contributed by atoms with Gasteiger partial charge in [-0.15, -0.1) is 0 Å². The zero-order chi connectivity index (χ0) is 34.4. The van der Waals surface area contributed by atoms with E-state index in [4.69, 9.17) is 0 Å². The summed E-state index contributed by atoms with van der Waals surface area (Å²) in [5.41, 5.74) is 0. The summed E-state index contributed by atoms with van der Waals surface area (Å²) in [7, 11) is 0. The fourth-order valence-electron chi connectivity index (χ4n) is 0. The van der Waals surface area contributed by atoms with Crippen LogP contribution in [-0.2, 0) is 0 Å². The summed E-state index contributed by atoms with van der Waals surface area (Å²) < 4.78 is 0. The molecule has 0 heterocycles. The Morgan fingerprint density at radius 3 is 0.221 bits per heavy atom. The Bertz CT molecular complexity index is 167. The fraction of sp³-hybridized carbons (Fsp3) is 1.00. The number of hydrogen-bond donors (Lipinski definition) is 0. The van der Waals surface area contributed by atoms with Crippen LogP contribution in [-0.4, -0.2) is 0 Å². The molecular weight excluding hydrogens is 1400 g/mol. The first-order valence-electron chi connectivity index (χ1n) is 17.9. The summed E-state index contributed by atoms with van der Waals surface area (Å²) in [4.78, 5) is 0. The summed E-state index contributed by atoms with van der Waals surface area (Å²) in [5.74, 6) is 2.55. The summed E-state index contributed by atoms with van der Waals surface area (Å²) in [6, 6.07) is 0. The molecule has 0 amide bonds. The molecule has 0 aliphatic heterocycles. The van der Waals surface area contributed by atoms with Gasteiger partial charge >= 0.3 is 0 Å². The Kier molecular flexibility index (Phi) is 1870. The molecule has 21 heteroatoms. The number of unbranched alkanes of at least 4 members (excludes halogenated alkanes) is 3. The van der Waals surface area contributed by atoms with Gasteiger partial charge in [-0.1, -0.05) is 305 Å². The number of rotatable bonds is 4. The second-order valence-electron chi connectivity index (χ2n) is 8.97. The van der Waals surface area contributed by atoms with Gasteiger partial charge in [0.25, 0.3) is 0 Å². The van der Waals surface area contributed by atoms with E-state index < -0.39 is 0 Å². The predicted octanol–water partition coefficient (Wildman–Crippen LogP) is 23.1. The number of hydrogen-bond acceptors (Lipinski definition) is 0. The maximum atomic E-state index is 2.22. The minimum atomic E-state index is 0. The third-order valence-electron chi connectivity index (χ3n) is 2.32. The smallest absolute Gasteiger partial charge is 0 e. The van der Waals surface area contributed by atoms with Gasteiger partial charge in [0.15, 0.2) is 0 Å². The SMILES string of the molecule is C.C.C.C.C.C.C.C.C.CC.CC.CC.CC.CC.CC(C)C.CC(C)C.CCC.CCC(C)C.CCCC.CCCC.CCCC.[Ar].[Ar].[Ar].[Ar].[Ar].[Ar].[Ar].[Ar].[Ar].[Ar].[Ar].[Ar].[Ar].[Ar].[Ar].[Ar].[Ar].[Ar].[Ar].[Ar].[Ar]. The first-order chi connectivity index (χ1) is 17.9. The van der Waals surface area contributed by atoms with Crippen LogP contribution in [0, 0.1) is 810 Å². The molecule has 0 atom stereocenters. The van der Waals surface area contributed by atoms with Gasteiger partial charge < -0.3 is 0 Å². The molecule has 0 saturated carbocycles. The van der Waals surface area contributed by atoms with Gasteiger partial charge in [-0.3, -0.25) is 0 Å². The fourth-order valence-corrected chi connectivity index (χ4v) is 0. The Morgan fingerprint density at radius 1 is 0.191 bits per heavy atom. The Labute approximate surface area is 1080 Å².